The van der Waals surface area contributed by atoms with Crippen LogP contribution >= 0.6 is 78.5 Å². The quantitative estimate of drug-likeness (QED) is 0.0678. The smallest absolute Gasteiger partial charge is 0.127 e. The lowest BCUT2D eigenvalue weighted by atomic mass is 10.0. The van der Waals surface area contributed by atoms with Crippen molar-refractivity contribution in [3.8, 4) is 65.1 Å². The minimum atomic E-state index is -1.23. The molecule has 6 N–H and O–H groups in total. The van der Waals surface area contributed by atoms with Crippen LogP contribution in [0.5, 0.6) is 0 Å². The zero-order valence-electron chi connectivity index (χ0n) is 44.8. The molecule has 13 rings (SSSR count). The van der Waals surface area contributed by atoms with Crippen molar-refractivity contribution in [3.63, 3.8) is 0 Å². The summed E-state index contributed by atoms with van der Waals surface area (Å²) in [4.78, 5) is 20.7. The Hall–Kier alpha value is -6.77. The number of rotatable bonds is 15. The third-order valence-electron chi connectivity index (χ3n) is 13.4. The molecule has 17 heteroatoms. The van der Waals surface area contributed by atoms with Crippen LogP contribution < -0.4 is 17.2 Å². The predicted octanol–water partition coefficient (Wildman–Crippen LogP) is 19.1. The van der Waals surface area contributed by atoms with E-state index in [1.807, 2.05) is 90.3 Å². The molecule has 13 aromatic rings. The van der Waals surface area contributed by atoms with Gasteiger partial charge in [0.2, 0.25) is 0 Å². The summed E-state index contributed by atoms with van der Waals surface area (Å²) in [5.74, 6) is 5.27. The van der Waals surface area contributed by atoms with Gasteiger partial charge in [-0.2, -0.15) is 10.5 Å². The second kappa shape index (κ2) is 26.2. The Morgan fingerprint density at radius 3 is 1.16 bits per heavy atom. The molecule has 0 saturated heterocycles. The van der Waals surface area contributed by atoms with Crippen molar-refractivity contribution in [1.29, 1.82) is 0 Å². The summed E-state index contributed by atoms with van der Waals surface area (Å²) in [6.07, 6.45) is 5.26. The Kier molecular flexibility index (Phi) is 18.2. The van der Waals surface area contributed by atoms with Crippen LogP contribution in [-0.4, -0.2) is 41.2 Å². The van der Waals surface area contributed by atoms with Crippen molar-refractivity contribution in [1.82, 2.24) is 15.0 Å². The molecule has 0 aliphatic heterocycles. The minimum Gasteiger partial charge on any atom is -0.397 e. The molecule has 9 aromatic heterocycles. The van der Waals surface area contributed by atoms with Crippen molar-refractivity contribution < 1.29 is 8.42 Å². The SMILES string of the molecule is C=S(C)c1sc2nc(-c3cccs3)cc(-c3ccccc3)c2c1N.CCCCCS(=O)c1sc2nc(-c3cccs3)cc(-c3ccccc3)c2c1N.Nc1c(S(=O)Cc2ccccc2)sc2nc(-c3cccs3)cc(-c3ccccc3)c12. The predicted molar refractivity (Wildman–Crippen MR) is 365 cm³/mol. The average molecular weight is 1240 g/mol. The van der Waals surface area contributed by atoms with E-state index >= 15 is 0 Å². The van der Waals surface area contributed by atoms with E-state index in [1.165, 1.54) is 33.1 Å². The molecular weight excluding hydrogens is 1190 g/mol. The Bertz CT molecular complexity index is 4350. The van der Waals surface area contributed by atoms with Gasteiger partial charge in [-0.05, 0) is 104 Å². The van der Waals surface area contributed by atoms with Crippen LogP contribution in [0.25, 0.3) is 95.7 Å². The van der Waals surface area contributed by atoms with Crippen molar-refractivity contribution in [2.24, 2.45) is 0 Å². The van der Waals surface area contributed by atoms with E-state index in [9.17, 15) is 8.42 Å². The molecule has 4 aromatic carbocycles. The van der Waals surface area contributed by atoms with E-state index in [4.69, 9.17) is 32.2 Å². The highest BCUT2D eigenvalue weighted by atomic mass is 32.2. The number of hydrogen-bond acceptors (Lipinski definition) is 14. The molecule has 9 heterocycles. The maximum atomic E-state index is 13.2. The molecule has 8 nitrogen and oxygen atoms in total. The van der Waals surface area contributed by atoms with Gasteiger partial charge in [0.25, 0.3) is 0 Å². The molecule has 3 atom stereocenters. The zero-order chi connectivity index (χ0) is 56.7. The minimum absolute atomic E-state index is 0.125. The zero-order valence-corrected chi connectivity index (χ0v) is 52.1. The van der Waals surface area contributed by atoms with Crippen LogP contribution in [0.15, 0.2) is 205 Å². The second-order valence-electron chi connectivity index (χ2n) is 19.0. The fourth-order valence-electron chi connectivity index (χ4n) is 9.45. The van der Waals surface area contributed by atoms with Gasteiger partial charge in [-0.25, -0.2) is 15.0 Å². The average Bonchev–Trinajstić information content (AvgIpc) is 4.20. The molecule has 0 amide bonds. The van der Waals surface area contributed by atoms with Crippen molar-refractivity contribution in [3.05, 3.63) is 198 Å². The van der Waals surface area contributed by atoms with Crippen molar-refractivity contribution >= 4 is 154 Å². The highest BCUT2D eigenvalue weighted by Gasteiger charge is 2.24. The Morgan fingerprint density at radius 2 is 0.805 bits per heavy atom. The van der Waals surface area contributed by atoms with E-state index in [0.717, 1.165) is 124 Å². The lowest BCUT2D eigenvalue weighted by Gasteiger charge is -2.08. The van der Waals surface area contributed by atoms with Gasteiger partial charge >= 0.3 is 0 Å². The topological polar surface area (TPSA) is 151 Å². The molecule has 0 saturated carbocycles. The summed E-state index contributed by atoms with van der Waals surface area (Å²) in [6, 6.07) is 59.4. The first-order chi connectivity index (χ1) is 40.0. The second-order valence-corrected chi connectivity index (χ2v) is 30.2. The van der Waals surface area contributed by atoms with Gasteiger partial charge in [0.05, 0.1) is 80.3 Å². The van der Waals surface area contributed by atoms with Gasteiger partial charge in [-0.3, -0.25) is 8.42 Å². The van der Waals surface area contributed by atoms with E-state index in [-0.39, 0.29) is 10.5 Å². The largest absolute Gasteiger partial charge is 0.397 e. The first-order valence-electron chi connectivity index (χ1n) is 26.3. The number of nitrogens with two attached hydrogens (primary N) is 3. The maximum absolute atomic E-state index is 13.2. The van der Waals surface area contributed by atoms with E-state index < -0.39 is 21.6 Å². The van der Waals surface area contributed by atoms with Gasteiger partial charge < -0.3 is 17.2 Å². The first-order valence-corrected chi connectivity index (χ1v) is 35.8. The number of anilines is 3. The fourth-order valence-corrected chi connectivity index (χ4v) is 19.0. The molecule has 0 spiro atoms. The number of pyridine rings is 3. The molecule has 0 fully saturated rings. The van der Waals surface area contributed by atoms with Gasteiger partial charge in [-0.1, -0.05) is 165 Å². The molecule has 412 valence electrons. The number of aromatic nitrogens is 3. The van der Waals surface area contributed by atoms with Crippen LogP contribution in [0.2, 0.25) is 0 Å². The summed E-state index contributed by atoms with van der Waals surface area (Å²) in [6.45, 7) is 2.15. The Labute approximate surface area is 508 Å². The van der Waals surface area contributed by atoms with E-state index in [2.05, 4.69) is 121 Å². The molecule has 82 heavy (non-hydrogen) atoms. The Balaban J connectivity index is 0.000000130. The van der Waals surface area contributed by atoms with Crippen LogP contribution in [0.4, 0.5) is 17.1 Å². The summed E-state index contributed by atoms with van der Waals surface area (Å²) >= 11 is 9.62. The van der Waals surface area contributed by atoms with Crippen molar-refractivity contribution in [2.45, 2.75) is 44.6 Å². The number of nitrogen functional groups attached to an aromatic ring is 3. The summed E-state index contributed by atoms with van der Waals surface area (Å²) in [5.41, 5.74) is 32.1. The highest BCUT2D eigenvalue weighted by Crippen LogP contribution is 2.48. The molecular formula is C65H56N6O2S9. The molecule has 0 radical (unpaired) electrons. The number of benzene rings is 4. The van der Waals surface area contributed by atoms with E-state index in [0.29, 0.717) is 27.1 Å². The monoisotopic (exact) mass is 1240 g/mol. The molecule has 0 aliphatic rings. The number of fused-ring (bicyclic) bond motifs is 3. The standard InChI is InChI=1S/C24H18N2OS3.C22H22N2OS3.C19H16N2S3/c25-22-21-18(17-10-5-2-6-11-17)14-19(20-12-7-13-28-20)26-23(21)29-24(22)30(27)15-16-8-3-1-4-9-16;1-2-3-7-13-28(25)22-20(23)19-16(15-9-5-4-6-10-15)14-17(24-21(19)27-22)18-11-8-12-26-18;1-24(2)19-17(20)16-13(12-7-4-3-5-8-12)11-14(21-18(16)23-19)15-9-6-10-22-15/h1-14H,15,25H2;4-6,8-12,14H,2-3,7,13,23H2,1H3;3-11H,1,20H2,2H3. The molecule has 0 aliphatic carbocycles. The summed E-state index contributed by atoms with van der Waals surface area (Å²) in [7, 11) is -2.44. The van der Waals surface area contributed by atoms with Crippen LogP contribution in [-0.2, 0) is 27.4 Å². The third-order valence-corrected chi connectivity index (χ3v) is 24.8. The first kappa shape index (κ1) is 57.1. The maximum Gasteiger partial charge on any atom is 0.127 e. The van der Waals surface area contributed by atoms with Crippen LogP contribution in [0.1, 0.15) is 31.7 Å². The summed E-state index contributed by atoms with van der Waals surface area (Å²) in [5, 5.41) is 9.06. The number of hydrogen-bond donors (Lipinski definition) is 3. The lowest BCUT2D eigenvalue weighted by Crippen LogP contribution is -1.99. The van der Waals surface area contributed by atoms with Gasteiger partial charge in [0.15, 0.2) is 0 Å². The van der Waals surface area contributed by atoms with Gasteiger partial charge in [-0.15, -0.1) is 68.0 Å². The lowest BCUT2D eigenvalue weighted by molar-refractivity contribution is 0.678. The number of unbranched alkanes of at least 4 members (excludes halogenated alkanes) is 2. The van der Waals surface area contributed by atoms with Crippen LogP contribution in [0.3, 0.4) is 0 Å². The Morgan fingerprint density at radius 1 is 0.451 bits per heavy atom. The van der Waals surface area contributed by atoms with E-state index in [1.54, 1.807) is 45.3 Å². The molecule has 0 bridgehead atoms. The number of nitrogens with zero attached hydrogens (tertiary/aromatic N) is 3. The van der Waals surface area contributed by atoms with Crippen LogP contribution in [0, 0.1) is 0 Å². The van der Waals surface area contributed by atoms with Gasteiger partial charge in [0, 0.05) is 21.9 Å². The number of thiophene rings is 6. The van der Waals surface area contributed by atoms with Crippen molar-refractivity contribution in [2.75, 3.05) is 29.2 Å². The third kappa shape index (κ3) is 12.4. The normalized spacial score (nSPS) is 12.4. The fraction of sp³-hybridized carbons (Fsp3) is 0.108. The molecule has 3 unspecified atom stereocenters. The summed E-state index contributed by atoms with van der Waals surface area (Å²) < 4.78 is 28.7. The highest BCUT2D eigenvalue weighted by molar-refractivity contribution is 8.15. The van der Waals surface area contributed by atoms with Gasteiger partial charge in [0.1, 0.15) is 22.9 Å².